The van der Waals surface area contributed by atoms with Gasteiger partial charge in [0, 0.05) is 12.2 Å². The third kappa shape index (κ3) is 2.93. The van der Waals surface area contributed by atoms with Crippen molar-refractivity contribution in [1.29, 1.82) is 0 Å². The lowest BCUT2D eigenvalue weighted by Gasteiger charge is -2.33. The van der Waals surface area contributed by atoms with Gasteiger partial charge in [-0.05, 0) is 48.7 Å². The van der Waals surface area contributed by atoms with Crippen molar-refractivity contribution in [3.63, 3.8) is 0 Å². The number of carbonyl (C=O) groups is 1. The fraction of sp³-hybridized carbons (Fsp3) is 0.389. The number of amides is 1. The molecule has 2 aromatic rings. The summed E-state index contributed by atoms with van der Waals surface area (Å²) in [6, 6.07) is 14.5. The molecule has 3 nitrogen and oxygen atoms in total. The average molecular weight is 282 g/mol. The van der Waals surface area contributed by atoms with Crippen molar-refractivity contribution in [3.05, 3.63) is 42.5 Å². The molecular formula is C18H22N2O. The lowest BCUT2D eigenvalue weighted by Crippen LogP contribution is -2.51. The highest BCUT2D eigenvalue weighted by atomic mass is 16.2. The summed E-state index contributed by atoms with van der Waals surface area (Å²) in [7, 11) is 0. The Labute approximate surface area is 125 Å². The van der Waals surface area contributed by atoms with Crippen LogP contribution < -0.4 is 10.2 Å². The van der Waals surface area contributed by atoms with Crippen LogP contribution >= 0.6 is 0 Å². The Morgan fingerprint density at radius 3 is 2.81 bits per heavy atom. The highest BCUT2D eigenvalue weighted by Crippen LogP contribution is 2.25. The molecule has 0 aliphatic carbocycles. The molecule has 2 aromatic carbocycles. The second kappa shape index (κ2) is 6.27. The first kappa shape index (κ1) is 14.1. The highest BCUT2D eigenvalue weighted by molar-refractivity contribution is 5.99. The Hall–Kier alpha value is -1.87. The lowest BCUT2D eigenvalue weighted by molar-refractivity contribution is -0.121. The van der Waals surface area contributed by atoms with E-state index in [1.165, 1.54) is 10.8 Å². The molecule has 1 N–H and O–H groups in total. The molecule has 0 radical (unpaired) electrons. The van der Waals surface area contributed by atoms with E-state index in [4.69, 9.17) is 0 Å². The van der Waals surface area contributed by atoms with Crippen LogP contribution in [0.25, 0.3) is 10.8 Å². The number of carbonyl (C=O) groups excluding carboxylic acids is 1. The van der Waals surface area contributed by atoms with E-state index < -0.39 is 0 Å². The Balaban J connectivity index is 1.85. The van der Waals surface area contributed by atoms with Crippen LogP contribution in [0, 0.1) is 0 Å². The normalized spacial score (nSPS) is 19.2. The van der Waals surface area contributed by atoms with Crippen LogP contribution in [0.5, 0.6) is 0 Å². The van der Waals surface area contributed by atoms with Crippen molar-refractivity contribution >= 4 is 22.4 Å². The molecule has 110 valence electrons. The average Bonchev–Trinajstić information content (AvgIpc) is 2.53. The maximum atomic E-state index is 12.6. The molecule has 0 spiro atoms. The topological polar surface area (TPSA) is 32.3 Å². The quantitative estimate of drug-likeness (QED) is 0.933. The number of rotatable bonds is 4. The van der Waals surface area contributed by atoms with Crippen molar-refractivity contribution in [2.24, 2.45) is 0 Å². The van der Waals surface area contributed by atoms with Crippen LogP contribution in [0.1, 0.15) is 26.2 Å². The van der Waals surface area contributed by atoms with Gasteiger partial charge in [-0.1, -0.05) is 37.3 Å². The minimum Gasteiger partial charge on any atom is -0.311 e. The molecule has 3 rings (SSSR count). The van der Waals surface area contributed by atoms with Gasteiger partial charge in [-0.2, -0.15) is 0 Å². The van der Waals surface area contributed by atoms with E-state index in [0.29, 0.717) is 0 Å². The minimum absolute atomic E-state index is 0.0230. The first-order valence-corrected chi connectivity index (χ1v) is 7.83. The molecular weight excluding hydrogens is 260 g/mol. The van der Waals surface area contributed by atoms with Crippen molar-refractivity contribution in [1.82, 2.24) is 5.32 Å². The van der Waals surface area contributed by atoms with Crippen LogP contribution in [0.15, 0.2) is 42.5 Å². The summed E-state index contributed by atoms with van der Waals surface area (Å²) < 4.78 is 0. The van der Waals surface area contributed by atoms with E-state index >= 15 is 0 Å². The number of nitrogens with one attached hydrogen (secondary N) is 1. The number of piperidine rings is 1. The minimum atomic E-state index is -0.0230. The largest absolute Gasteiger partial charge is 0.311 e. The maximum absolute atomic E-state index is 12.6. The Morgan fingerprint density at radius 1 is 1.19 bits per heavy atom. The predicted octanol–water partition coefficient (Wildman–Crippen LogP) is 3.33. The van der Waals surface area contributed by atoms with Gasteiger partial charge in [0.25, 0.3) is 0 Å². The number of hydrogen-bond acceptors (Lipinski definition) is 2. The number of fused-ring (bicyclic) bond motifs is 1. The smallest absolute Gasteiger partial charge is 0.244 e. The van der Waals surface area contributed by atoms with E-state index in [0.717, 1.165) is 38.0 Å². The van der Waals surface area contributed by atoms with Crippen molar-refractivity contribution < 1.29 is 4.79 Å². The summed E-state index contributed by atoms with van der Waals surface area (Å²) in [5.74, 6) is 0.213. The molecule has 1 aliphatic heterocycles. The standard InChI is InChI=1S/C18H22N2O/c1-2-11-19-17-8-5-12-20(18(17)21)16-10-9-14-6-3-4-7-15(14)13-16/h3-4,6-7,9-10,13,17,19H,2,5,8,11-12H2,1H3. The van der Waals surface area contributed by atoms with E-state index in [9.17, 15) is 4.79 Å². The molecule has 1 amide bonds. The summed E-state index contributed by atoms with van der Waals surface area (Å²) in [5.41, 5.74) is 1.02. The van der Waals surface area contributed by atoms with Crippen LogP contribution in [0.4, 0.5) is 5.69 Å². The van der Waals surface area contributed by atoms with Crippen molar-refractivity contribution in [2.75, 3.05) is 18.0 Å². The van der Waals surface area contributed by atoms with Gasteiger partial charge in [-0.15, -0.1) is 0 Å². The van der Waals surface area contributed by atoms with E-state index in [1.807, 2.05) is 17.0 Å². The third-order valence-electron chi connectivity index (χ3n) is 4.12. The molecule has 1 atom stereocenters. The molecule has 3 heteroatoms. The van der Waals surface area contributed by atoms with Gasteiger partial charge >= 0.3 is 0 Å². The Bertz CT molecular complexity index is 638. The predicted molar refractivity (Wildman–Crippen MR) is 87.6 cm³/mol. The van der Waals surface area contributed by atoms with E-state index in [-0.39, 0.29) is 11.9 Å². The number of nitrogens with zero attached hydrogens (tertiary/aromatic N) is 1. The van der Waals surface area contributed by atoms with Gasteiger partial charge < -0.3 is 10.2 Å². The number of benzene rings is 2. The first-order chi connectivity index (χ1) is 10.3. The van der Waals surface area contributed by atoms with Crippen LogP contribution in [0.2, 0.25) is 0 Å². The zero-order valence-corrected chi connectivity index (χ0v) is 12.5. The zero-order valence-electron chi connectivity index (χ0n) is 12.5. The molecule has 0 saturated carbocycles. The highest BCUT2D eigenvalue weighted by Gasteiger charge is 2.28. The lowest BCUT2D eigenvalue weighted by atomic mass is 10.0. The monoisotopic (exact) mass is 282 g/mol. The van der Waals surface area contributed by atoms with Crippen molar-refractivity contribution in [2.45, 2.75) is 32.2 Å². The molecule has 0 bridgehead atoms. The molecule has 1 heterocycles. The van der Waals surface area contributed by atoms with Gasteiger partial charge in [-0.3, -0.25) is 4.79 Å². The van der Waals surface area contributed by atoms with Crippen LogP contribution in [-0.2, 0) is 4.79 Å². The Kier molecular flexibility index (Phi) is 4.20. The second-order valence-corrected chi connectivity index (χ2v) is 5.67. The SMILES string of the molecule is CCCNC1CCCN(c2ccc3ccccc3c2)C1=O. The van der Waals surface area contributed by atoms with Gasteiger partial charge in [0.1, 0.15) is 0 Å². The van der Waals surface area contributed by atoms with E-state index in [1.54, 1.807) is 0 Å². The summed E-state index contributed by atoms with van der Waals surface area (Å²) in [6.45, 7) is 3.85. The van der Waals surface area contributed by atoms with E-state index in [2.05, 4.69) is 42.6 Å². The molecule has 0 aromatic heterocycles. The summed E-state index contributed by atoms with van der Waals surface area (Å²) >= 11 is 0. The second-order valence-electron chi connectivity index (χ2n) is 5.67. The fourth-order valence-electron chi connectivity index (χ4n) is 2.98. The van der Waals surface area contributed by atoms with Gasteiger partial charge in [0.2, 0.25) is 5.91 Å². The summed E-state index contributed by atoms with van der Waals surface area (Å²) in [4.78, 5) is 14.6. The molecule has 1 aliphatic rings. The molecule has 1 saturated heterocycles. The zero-order chi connectivity index (χ0) is 14.7. The summed E-state index contributed by atoms with van der Waals surface area (Å²) in [5, 5.41) is 5.77. The molecule has 1 unspecified atom stereocenters. The van der Waals surface area contributed by atoms with Gasteiger partial charge in [0.05, 0.1) is 6.04 Å². The van der Waals surface area contributed by atoms with Gasteiger partial charge in [-0.25, -0.2) is 0 Å². The van der Waals surface area contributed by atoms with Gasteiger partial charge in [0.15, 0.2) is 0 Å². The molecule has 21 heavy (non-hydrogen) atoms. The fourth-order valence-corrected chi connectivity index (χ4v) is 2.98. The van der Waals surface area contributed by atoms with Crippen molar-refractivity contribution in [3.8, 4) is 0 Å². The summed E-state index contributed by atoms with van der Waals surface area (Å²) in [6.07, 6.45) is 3.06. The van der Waals surface area contributed by atoms with Crippen LogP contribution in [-0.4, -0.2) is 25.0 Å². The number of hydrogen-bond donors (Lipinski definition) is 1. The first-order valence-electron chi connectivity index (χ1n) is 7.83. The molecule has 1 fully saturated rings. The Morgan fingerprint density at radius 2 is 2.00 bits per heavy atom. The number of anilines is 1. The van der Waals surface area contributed by atoms with Crippen LogP contribution in [0.3, 0.4) is 0 Å². The maximum Gasteiger partial charge on any atom is 0.244 e. The third-order valence-corrected chi connectivity index (χ3v) is 4.12.